The molecule has 0 fully saturated rings. The summed E-state index contributed by atoms with van der Waals surface area (Å²) in [5.41, 5.74) is 3.44. The number of nitrogens with zero attached hydrogens (tertiary/aromatic N) is 4. The highest BCUT2D eigenvalue weighted by Crippen LogP contribution is 2.37. The third kappa shape index (κ3) is 4.64. The maximum absolute atomic E-state index is 16.0. The molecule has 2 N–H and O–H groups in total. The minimum absolute atomic E-state index is 0.0135. The SMILES string of the molecule is CC1=CC(CCC(=O)On2c(O)ccc2O)=[N+]2C1=Cc1c(CCC[N+](C)(C)C)cc(C)n1[B-]2(F)F. The van der Waals surface area contributed by atoms with Crippen LogP contribution in [0, 0.1) is 6.92 Å². The van der Waals surface area contributed by atoms with Crippen LogP contribution in [0.3, 0.4) is 0 Å². The van der Waals surface area contributed by atoms with Crippen LogP contribution in [0.5, 0.6) is 11.8 Å². The average molecular weight is 489 g/mol. The van der Waals surface area contributed by atoms with Crippen LogP contribution in [-0.2, 0) is 11.2 Å². The van der Waals surface area contributed by atoms with Crippen molar-refractivity contribution in [1.82, 2.24) is 9.21 Å². The fraction of sp³-hybridized carbons (Fsp3) is 0.417. The lowest BCUT2D eigenvalue weighted by atomic mass is 9.89. The van der Waals surface area contributed by atoms with E-state index < -0.39 is 24.7 Å². The Kier molecular flexibility index (Phi) is 6.17. The van der Waals surface area contributed by atoms with Crippen molar-refractivity contribution in [3.05, 3.63) is 52.5 Å². The maximum Gasteiger partial charge on any atom is 0.737 e. The van der Waals surface area contributed by atoms with Crippen molar-refractivity contribution in [3.63, 3.8) is 0 Å². The van der Waals surface area contributed by atoms with Gasteiger partial charge in [0, 0.05) is 48.4 Å². The van der Waals surface area contributed by atoms with Crippen LogP contribution in [0.15, 0.2) is 35.5 Å². The van der Waals surface area contributed by atoms with Crippen LogP contribution >= 0.6 is 0 Å². The lowest BCUT2D eigenvalue weighted by Gasteiger charge is -2.31. The quantitative estimate of drug-likeness (QED) is 0.442. The molecule has 2 aromatic rings. The fourth-order valence-corrected chi connectivity index (χ4v) is 4.86. The molecule has 4 heterocycles. The highest BCUT2D eigenvalue weighted by atomic mass is 19.2. The van der Waals surface area contributed by atoms with Crippen LogP contribution in [0.4, 0.5) is 8.63 Å². The minimum atomic E-state index is -4.15. The zero-order valence-electron chi connectivity index (χ0n) is 20.8. The van der Waals surface area contributed by atoms with E-state index in [0.717, 1.165) is 38.4 Å². The summed E-state index contributed by atoms with van der Waals surface area (Å²) in [6, 6.07) is 4.19. The van der Waals surface area contributed by atoms with Gasteiger partial charge in [0.2, 0.25) is 11.8 Å². The fourth-order valence-electron chi connectivity index (χ4n) is 4.86. The summed E-state index contributed by atoms with van der Waals surface area (Å²) in [7, 11) is 6.34. The second-order valence-electron chi connectivity index (χ2n) is 10.3. The topological polar surface area (TPSA) is 79.6 Å². The summed E-state index contributed by atoms with van der Waals surface area (Å²) < 4.78 is 35.5. The van der Waals surface area contributed by atoms with Crippen LogP contribution in [0.25, 0.3) is 6.08 Å². The molecule has 0 spiro atoms. The Morgan fingerprint density at radius 3 is 2.40 bits per heavy atom. The zero-order valence-corrected chi connectivity index (χ0v) is 20.8. The van der Waals surface area contributed by atoms with Crippen molar-refractivity contribution < 1.29 is 37.4 Å². The normalized spacial score (nSPS) is 16.7. The number of carbonyl (C=O) groups excluding carboxylic acids is 1. The number of halogens is 2. The second-order valence-corrected chi connectivity index (χ2v) is 10.3. The highest BCUT2D eigenvalue weighted by Gasteiger charge is 2.53. The van der Waals surface area contributed by atoms with E-state index in [-0.39, 0.29) is 12.8 Å². The van der Waals surface area contributed by atoms with Gasteiger partial charge in [-0.05, 0) is 37.6 Å². The number of quaternary nitrogens is 1. The number of aromatic hydroxyl groups is 2. The van der Waals surface area contributed by atoms with Gasteiger partial charge in [-0.2, -0.15) is 0 Å². The summed E-state index contributed by atoms with van der Waals surface area (Å²) in [4.78, 5) is 17.2. The molecule has 11 heteroatoms. The Morgan fingerprint density at radius 1 is 1.11 bits per heavy atom. The van der Waals surface area contributed by atoms with Crippen molar-refractivity contribution in [3.8, 4) is 11.8 Å². The lowest BCUT2D eigenvalue weighted by Crippen LogP contribution is -2.51. The summed E-state index contributed by atoms with van der Waals surface area (Å²) in [6.45, 7) is 0.275. The third-order valence-electron chi connectivity index (χ3n) is 6.45. The van der Waals surface area contributed by atoms with Crippen molar-refractivity contribution in [2.45, 2.75) is 39.5 Å². The molecule has 0 amide bonds. The number of fused-ring (bicyclic) bond motifs is 2. The summed E-state index contributed by atoms with van der Waals surface area (Å²) in [6.07, 6.45) is 4.92. The monoisotopic (exact) mass is 489 g/mol. The van der Waals surface area contributed by atoms with E-state index in [1.54, 1.807) is 19.9 Å². The Bertz CT molecular complexity index is 1260. The first-order valence-electron chi connectivity index (χ1n) is 11.7. The Labute approximate surface area is 203 Å². The number of hydrogen-bond donors (Lipinski definition) is 2. The Balaban J connectivity index is 1.59. The molecule has 35 heavy (non-hydrogen) atoms. The Hall–Kier alpha value is -3.34. The van der Waals surface area contributed by atoms with Crippen molar-refractivity contribution in [1.29, 1.82) is 0 Å². The largest absolute Gasteiger partial charge is 0.737 e. The number of aromatic nitrogens is 2. The van der Waals surface area contributed by atoms with Gasteiger partial charge < -0.3 is 37.1 Å². The molecule has 0 saturated carbocycles. The molecule has 0 bridgehead atoms. The van der Waals surface area contributed by atoms with E-state index in [9.17, 15) is 15.0 Å². The van der Waals surface area contributed by atoms with E-state index in [1.807, 2.05) is 12.1 Å². The van der Waals surface area contributed by atoms with Gasteiger partial charge in [-0.1, -0.05) is 0 Å². The van der Waals surface area contributed by atoms with Gasteiger partial charge in [0.15, 0.2) is 5.70 Å². The molecule has 188 valence electrons. The van der Waals surface area contributed by atoms with Gasteiger partial charge in [0.25, 0.3) is 0 Å². The third-order valence-corrected chi connectivity index (χ3v) is 6.45. The number of aryl methyl sites for hydroxylation is 2. The molecule has 4 rings (SSSR count). The molecular formula is C24H32BF2N4O4+. The van der Waals surface area contributed by atoms with Crippen molar-refractivity contribution >= 4 is 24.7 Å². The molecule has 0 saturated heterocycles. The van der Waals surface area contributed by atoms with Crippen molar-refractivity contribution in [2.75, 3.05) is 27.7 Å². The molecule has 0 atom stereocenters. The second kappa shape index (κ2) is 8.71. The van der Waals surface area contributed by atoms with Crippen LogP contribution in [0.1, 0.15) is 43.1 Å². The summed E-state index contributed by atoms with van der Waals surface area (Å²) in [5.74, 6) is -1.65. The smallest absolute Gasteiger partial charge is 0.492 e. The molecule has 2 aliphatic heterocycles. The van der Waals surface area contributed by atoms with Crippen LogP contribution in [-0.4, -0.2) is 74.7 Å². The molecule has 2 aromatic heterocycles. The molecule has 0 radical (unpaired) electrons. The summed E-state index contributed by atoms with van der Waals surface area (Å²) in [5, 5.41) is 19.3. The summed E-state index contributed by atoms with van der Waals surface area (Å²) >= 11 is 0. The number of rotatable bonds is 8. The Morgan fingerprint density at radius 2 is 1.77 bits per heavy atom. The first kappa shape index (κ1) is 24.8. The van der Waals surface area contributed by atoms with E-state index in [1.165, 1.54) is 12.1 Å². The molecule has 0 unspecified atom stereocenters. The number of carbonyl (C=O) groups is 1. The van der Waals surface area contributed by atoms with Crippen molar-refractivity contribution in [2.24, 2.45) is 0 Å². The van der Waals surface area contributed by atoms with E-state index in [4.69, 9.17) is 4.84 Å². The highest BCUT2D eigenvalue weighted by molar-refractivity contribution is 6.58. The molecule has 0 aromatic carbocycles. The molecule has 2 aliphatic rings. The molecule has 8 nitrogen and oxygen atoms in total. The molecule has 0 aliphatic carbocycles. The van der Waals surface area contributed by atoms with E-state index in [2.05, 4.69) is 21.1 Å². The van der Waals surface area contributed by atoms with E-state index >= 15 is 8.63 Å². The first-order chi connectivity index (χ1) is 16.3. The average Bonchev–Trinajstić information content (AvgIpc) is 3.35. The van der Waals surface area contributed by atoms with Crippen LogP contribution < -0.4 is 4.84 Å². The lowest BCUT2D eigenvalue weighted by molar-refractivity contribution is -0.870. The van der Waals surface area contributed by atoms with Gasteiger partial charge in [-0.3, -0.25) is 0 Å². The van der Waals surface area contributed by atoms with Gasteiger partial charge >= 0.3 is 12.9 Å². The van der Waals surface area contributed by atoms with Gasteiger partial charge in [-0.25, -0.2) is 4.79 Å². The standard InChI is InChI=1S/C24H31BF2N4O4/c1-16-13-19(8-11-24(34)35-30-22(32)9-10-23(30)33)29-20(16)15-21-18(7-6-12-31(3,4)5)14-17(2)28(21)25(29,26)27/h9-10,13-15H,6-8,11-12H2,1-5H3,(H-,32,33)/p+1. The predicted molar refractivity (Wildman–Crippen MR) is 129 cm³/mol. The molecular weight excluding hydrogens is 457 g/mol. The van der Waals surface area contributed by atoms with E-state index in [0.29, 0.717) is 33.1 Å². The number of allylic oxidation sites excluding steroid dienone is 2. The number of hydrogen-bond acceptors (Lipinski definition) is 4. The predicted octanol–water partition coefficient (Wildman–Crippen LogP) is 3.07. The minimum Gasteiger partial charge on any atom is -0.492 e. The van der Waals surface area contributed by atoms with Gasteiger partial charge in [0.05, 0.1) is 34.1 Å². The maximum atomic E-state index is 16.0. The van der Waals surface area contributed by atoms with Crippen LogP contribution in [0.2, 0.25) is 0 Å². The zero-order chi connectivity index (χ0) is 25.7. The first-order valence-corrected chi connectivity index (χ1v) is 11.7. The van der Waals surface area contributed by atoms with Gasteiger partial charge in [0.1, 0.15) is 5.71 Å². The van der Waals surface area contributed by atoms with Gasteiger partial charge in [-0.15, -0.1) is 4.73 Å².